The van der Waals surface area contributed by atoms with Crippen LogP contribution in [-0.4, -0.2) is 25.7 Å². The molecule has 0 radical (unpaired) electrons. The summed E-state index contributed by atoms with van der Waals surface area (Å²) in [6.07, 6.45) is 1.40. The summed E-state index contributed by atoms with van der Waals surface area (Å²) in [4.78, 5) is 0.0120. The first-order valence-electron chi connectivity index (χ1n) is 5.45. The van der Waals surface area contributed by atoms with Gasteiger partial charge in [0.2, 0.25) is 10.0 Å². The predicted molar refractivity (Wildman–Crippen MR) is 60.4 cm³/mol. The number of halogens is 1. The minimum absolute atomic E-state index is 0.0120. The number of benzene rings is 1. The van der Waals surface area contributed by atoms with Gasteiger partial charge in [0.1, 0.15) is 5.82 Å². The van der Waals surface area contributed by atoms with Crippen LogP contribution in [0.25, 0.3) is 0 Å². The molecule has 1 aliphatic rings. The zero-order chi connectivity index (χ0) is 12.5. The first-order valence-corrected chi connectivity index (χ1v) is 6.93. The standard InChI is InChI=1S/C11H14FNO3S/c12-8-4-6-9(7-5-8)17(15,16)13-10-2-1-3-11(10)14/h4-7,10-11,13-14H,1-3H2/t10-,11+/m1/s1. The van der Waals surface area contributed by atoms with Crippen LogP contribution in [0.15, 0.2) is 29.2 Å². The molecule has 6 heteroatoms. The summed E-state index contributed by atoms with van der Waals surface area (Å²) in [5.41, 5.74) is 0. The van der Waals surface area contributed by atoms with Crippen molar-refractivity contribution in [1.29, 1.82) is 0 Å². The highest BCUT2D eigenvalue weighted by Gasteiger charge is 2.29. The lowest BCUT2D eigenvalue weighted by molar-refractivity contribution is 0.159. The number of hydrogen-bond acceptors (Lipinski definition) is 3. The van der Waals surface area contributed by atoms with Gasteiger partial charge in [0.05, 0.1) is 11.0 Å². The van der Waals surface area contributed by atoms with Crippen LogP contribution in [0.5, 0.6) is 0 Å². The van der Waals surface area contributed by atoms with Crippen molar-refractivity contribution in [2.24, 2.45) is 0 Å². The molecule has 2 rings (SSSR count). The highest BCUT2D eigenvalue weighted by molar-refractivity contribution is 7.89. The van der Waals surface area contributed by atoms with E-state index in [-0.39, 0.29) is 4.90 Å². The molecule has 4 nitrogen and oxygen atoms in total. The summed E-state index contributed by atoms with van der Waals surface area (Å²) in [6, 6.07) is 4.17. The quantitative estimate of drug-likeness (QED) is 0.851. The minimum atomic E-state index is -3.67. The monoisotopic (exact) mass is 259 g/mol. The molecule has 94 valence electrons. The summed E-state index contributed by atoms with van der Waals surface area (Å²) >= 11 is 0. The van der Waals surface area contributed by atoms with E-state index in [0.29, 0.717) is 12.8 Å². The second-order valence-electron chi connectivity index (χ2n) is 4.18. The van der Waals surface area contributed by atoms with Gasteiger partial charge in [-0.3, -0.25) is 0 Å². The molecule has 0 spiro atoms. The molecule has 1 aromatic rings. The van der Waals surface area contributed by atoms with Crippen LogP contribution >= 0.6 is 0 Å². The van der Waals surface area contributed by atoms with Gasteiger partial charge in [0.25, 0.3) is 0 Å². The highest BCUT2D eigenvalue weighted by atomic mass is 32.2. The van der Waals surface area contributed by atoms with Crippen LogP contribution < -0.4 is 4.72 Å². The molecule has 0 aromatic heterocycles. The number of aliphatic hydroxyl groups is 1. The van der Waals surface area contributed by atoms with Crippen molar-refractivity contribution in [3.8, 4) is 0 Å². The molecular formula is C11H14FNO3S. The molecule has 1 saturated carbocycles. The largest absolute Gasteiger partial charge is 0.391 e. The average Bonchev–Trinajstić information content (AvgIpc) is 2.64. The second kappa shape index (κ2) is 4.72. The highest BCUT2D eigenvalue weighted by Crippen LogP contribution is 2.21. The Morgan fingerprint density at radius 1 is 1.24 bits per heavy atom. The maximum absolute atomic E-state index is 12.7. The van der Waals surface area contributed by atoms with Crippen LogP contribution in [0.2, 0.25) is 0 Å². The summed E-state index contributed by atoms with van der Waals surface area (Å²) in [6.45, 7) is 0. The third-order valence-electron chi connectivity index (χ3n) is 2.91. The maximum Gasteiger partial charge on any atom is 0.240 e. The van der Waals surface area contributed by atoms with Crippen LogP contribution in [0.3, 0.4) is 0 Å². The van der Waals surface area contributed by atoms with E-state index < -0.39 is 28.0 Å². The predicted octanol–water partition coefficient (Wildman–Crippen LogP) is 1.02. The SMILES string of the molecule is O=S(=O)(N[C@@H]1CCC[C@@H]1O)c1ccc(F)cc1. The Hall–Kier alpha value is -0.980. The molecular weight excluding hydrogens is 245 g/mol. The van der Waals surface area contributed by atoms with Gasteiger partial charge < -0.3 is 5.11 Å². The van der Waals surface area contributed by atoms with E-state index in [4.69, 9.17) is 0 Å². The Morgan fingerprint density at radius 3 is 2.41 bits per heavy atom. The second-order valence-corrected chi connectivity index (χ2v) is 5.89. The average molecular weight is 259 g/mol. The van der Waals surface area contributed by atoms with Crippen molar-refractivity contribution in [3.63, 3.8) is 0 Å². The van der Waals surface area contributed by atoms with E-state index in [9.17, 15) is 17.9 Å². The zero-order valence-electron chi connectivity index (χ0n) is 9.14. The Bertz CT molecular complexity index is 486. The van der Waals surface area contributed by atoms with E-state index in [1.54, 1.807) is 0 Å². The van der Waals surface area contributed by atoms with Crippen molar-refractivity contribution in [2.45, 2.75) is 36.3 Å². The van der Waals surface area contributed by atoms with Gasteiger partial charge in [-0.2, -0.15) is 0 Å². The van der Waals surface area contributed by atoms with Crippen LogP contribution in [-0.2, 0) is 10.0 Å². The van der Waals surface area contributed by atoms with Gasteiger partial charge in [0.15, 0.2) is 0 Å². The van der Waals surface area contributed by atoms with Gasteiger partial charge in [-0.05, 0) is 43.5 Å². The van der Waals surface area contributed by atoms with E-state index in [2.05, 4.69) is 4.72 Å². The number of hydrogen-bond donors (Lipinski definition) is 2. The number of rotatable bonds is 3. The van der Waals surface area contributed by atoms with Gasteiger partial charge in [-0.15, -0.1) is 0 Å². The van der Waals surface area contributed by atoms with E-state index in [0.717, 1.165) is 18.6 Å². The molecule has 0 bridgehead atoms. The lowest BCUT2D eigenvalue weighted by Crippen LogP contribution is -2.39. The van der Waals surface area contributed by atoms with Crippen LogP contribution in [0.4, 0.5) is 4.39 Å². The Morgan fingerprint density at radius 2 is 1.88 bits per heavy atom. The van der Waals surface area contributed by atoms with Crippen LogP contribution in [0.1, 0.15) is 19.3 Å². The third-order valence-corrected chi connectivity index (χ3v) is 4.42. The molecule has 0 saturated heterocycles. The molecule has 1 fully saturated rings. The summed E-state index contributed by atoms with van der Waals surface area (Å²) in [7, 11) is -3.67. The Balaban J connectivity index is 2.16. The lowest BCUT2D eigenvalue weighted by Gasteiger charge is -2.16. The first kappa shape index (κ1) is 12.5. The molecule has 1 aliphatic carbocycles. The molecule has 0 aliphatic heterocycles. The molecule has 1 aromatic carbocycles. The number of aliphatic hydroxyl groups excluding tert-OH is 1. The minimum Gasteiger partial charge on any atom is -0.391 e. The topological polar surface area (TPSA) is 66.4 Å². The van der Waals surface area contributed by atoms with Crippen molar-refractivity contribution < 1.29 is 17.9 Å². The van der Waals surface area contributed by atoms with Crippen molar-refractivity contribution >= 4 is 10.0 Å². The molecule has 0 heterocycles. The van der Waals surface area contributed by atoms with E-state index >= 15 is 0 Å². The molecule has 2 atom stereocenters. The fourth-order valence-electron chi connectivity index (χ4n) is 1.96. The van der Waals surface area contributed by atoms with Crippen LogP contribution in [0, 0.1) is 5.82 Å². The maximum atomic E-state index is 12.7. The van der Waals surface area contributed by atoms with E-state index in [1.165, 1.54) is 12.1 Å². The summed E-state index contributed by atoms with van der Waals surface area (Å²) in [5.74, 6) is -0.482. The Kier molecular flexibility index (Phi) is 3.46. The van der Waals surface area contributed by atoms with Crippen molar-refractivity contribution in [2.75, 3.05) is 0 Å². The van der Waals surface area contributed by atoms with Gasteiger partial charge in [-0.25, -0.2) is 17.5 Å². The van der Waals surface area contributed by atoms with E-state index in [1.807, 2.05) is 0 Å². The van der Waals surface area contributed by atoms with Gasteiger partial charge >= 0.3 is 0 Å². The summed E-state index contributed by atoms with van der Waals surface area (Å²) < 4.78 is 38.9. The first-order chi connectivity index (χ1) is 7.99. The molecule has 2 N–H and O–H groups in total. The molecule has 0 amide bonds. The summed E-state index contributed by atoms with van der Waals surface area (Å²) in [5, 5.41) is 9.56. The van der Waals surface area contributed by atoms with Crippen molar-refractivity contribution in [3.05, 3.63) is 30.1 Å². The van der Waals surface area contributed by atoms with Crippen molar-refractivity contribution in [1.82, 2.24) is 4.72 Å². The number of sulfonamides is 1. The fraction of sp³-hybridized carbons (Fsp3) is 0.455. The lowest BCUT2D eigenvalue weighted by atomic mass is 10.2. The Labute approximate surface area is 99.5 Å². The normalized spacial score (nSPS) is 25.1. The molecule has 17 heavy (non-hydrogen) atoms. The smallest absolute Gasteiger partial charge is 0.240 e. The zero-order valence-corrected chi connectivity index (χ0v) is 9.95. The fourth-order valence-corrected chi connectivity index (χ4v) is 3.26. The molecule has 0 unspecified atom stereocenters. The third kappa shape index (κ3) is 2.83. The van der Waals surface area contributed by atoms with Gasteiger partial charge in [0, 0.05) is 6.04 Å². The number of nitrogens with one attached hydrogen (secondary N) is 1. The van der Waals surface area contributed by atoms with Gasteiger partial charge in [-0.1, -0.05) is 0 Å².